The normalized spacial score (nSPS) is 18.1. The standard InChI is InChI=1S/C8H5BrFNO3S/c9-4-1-7-6(2-5(4)10)11-8(12)3-15(7,13)14/h1-2H,3H2,(H,11,12). The van der Waals surface area contributed by atoms with Crippen LogP contribution in [0.2, 0.25) is 0 Å². The fourth-order valence-corrected chi connectivity index (χ4v) is 3.13. The predicted octanol–water partition coefficient (Wildman–Crippen LogP) is 1.31. The van der Waals surface area contributed by atoms with Crippen LogP contribution in [0, 0.1) is 5.82 Å². The van der Waals surface area contributed by atoms with Crippen LogP contribution < -0.4 is 5.32 Å². The highest BCUT2D eigenvalue weighted by atomic mass is 79.9. The van der Waals surface area contributed by atoms with Gasteiger partial charge in [-0.3, -0.25) is 4.79 Å². The molecular formula is C8H5BrFNO3S. The Balaban J connectivity index is 2.74. The zero-order valence-electron chi connectivity index (χ0n) is 7.25. The molecule has 0 saturated heterocycles. The molecule has 1 aromatic rings. The van der Waals surface area contributed by atoms with Crippen molar-refractivity contribution in [1.29, 1.82) is 0 Å². The molecule has 1 heterocycles. The monoisotopic (exact) mass is 293 g/mol. The van der Waals surface area contributed by atoms with Gasteiger partial charge in [0.05, 0.1) is 15.1 Å². The van der Waals surface area contributed by atoms with E-state index in [9.17, 15) is 17.6 Å². The molecular weight excluding hydrogens is 289 g/mol. The Morgan fingerprint density at radius 1 is 1.40 bits per heavy atom. The molecule has 15 heavy (non-hydrogen) atoms. The molecule has 1 amide bonds. The minimum atomic E-state index is -3.64. The van der Waals surface area contributed by atoms with Crippen molar-refractivity contribution in [1.82, 2.24) is 0 Å². The van der Waals surface area contributed by atoms with Crippen molar-refractivity contribution in [2.24, 2.45) is 0 Å². The third-order valence-electron chi connectivity index (χ3n) is 1.95. The van der Waals surface area contributed by atoms with Crippen molar-refractivity contribution in [2.75, 3.05) is 11.1 Å². The van der Waals surface area contributed by atoms with Crippen molar-refractivity contribution in [3.8, 4) is 0 Å². The van der Waals surface area contributed by atoms with E-state index in [4.69, 9.17) is 0 Å². The van der Waals surface area contributed by atoms with Crippen LogP contribution in [0.3, 0.4) is 0 Å². The minimum absolute atomic E-state index is 0.00745. The van der Waals surface area contributed by atoms with Crippen LogP contribution in [-0.2, 0) is 14.6 Å². The summed E-state index contributed by atoms with van der Waals surface area (Å²) < 4.78 is 36.2. The molecule has 0 spiro atoms. The van der Waals surface area contributed by atoms with Crippen LogP contribution in [0.5, 0.6) is 0 Å². The van der Waals surface area contributed by atoms with Gasteiger partial charge in [0.15, 0.2) is 9.84 Å². The second kappa shape index (κ2) is 3.28. The number of carbonyl (C=O) groups is 1. The number of nitrogens with one attached hydrogen (secondary N) is 1. The maximum Gasteiger partial charge on any atom is 0.239 e. The Hall–Kier alpha value is -0.950. The number of amides is 1. The highest BCUT2D eigenvalue weighted by Crippen LogP contribution is 2.31. The predicted molar refractivity (Wildman–Crippen MR) is 54.8 cm³/mol. The van der Waals surface area contributed by atoms with Crippen molar-refractivity contribution in [3.63, 3.8) is 0 Å². The molecule has 80 valence electrons. The van der Waals surface area contributed by atoms with Gasteiger partial charge in [-0.15, -0.1) is 0 Å². The maximum absolute atomic E-state index is 13.1. The second-order valence-electron chi connectivity index (χ2n) is 3.07. The van der Waals surface area contributed by atoms with Crippen molar-refractivity contribution < 1.29 is 17.6 Å². The van der Waals surface area contributed by atoms with E-state index in [2.05, 4.69) is 21.2 Å². The quantitative estimate of drug-likeness (QED) is 0.734. The van der Waals surface area contributed by atoms with E-state index in [0.29, 0.717) is 0 Å². The summed E-state index contributed by atoms with van der Waals surface area (Å²) in [7, 11) is -3.64. The molecule has 4 nitrogen and oxygen atoms in total. The average Bonchev–Trinajstić information content (AvgIpc) is 2.07. The number of sulfone groups is 1. The maximum atomic E-state index is 13.1. The first-order chi connectivity index (χ1) is 6.90. The average molecular weight is 294 g/mol. The first kappa shape index (κ1) is 10.6. The van der Waals surface area contributed by atoms with E-state index in [0.717, 1.165) is 12.1 Å². The van der Waals surface area contributed by atoms with Gasteiger partial charge in [-0.2, -0.15) is 0 Å². The Morgan fingerprint density at radius 2 is 2.07 bits per heavy atom. The van der Waals surface area contributed by atoms with Crippen LogP contribution in [0.4, 0.5) is 10.1 Å². The summed E-state index contributed by atoms with van der Waals surface area (Å²) in [5.41, 5.74) is -0.00745. The van der Waals surface area contributed by atoms with E-state index < -0.39 is 27.3 Å². The lowest BCUT2D eigenvalue weighted by Crippen LogP contribution is -2.29. The van der Waals surface area contributed by atoms with Gasteiger partial charge in [0.25, 0.3) is 0 Å². The van der Waals surface area contributed by atoms with Crippen molar-refractivity contribution in [2.45, 2.75) is 4.90 Å². The van der Waals surface area contributed by atoms with Crippen LogP contribution in [0.15, 0.2) is 21.5 Å². The largest absolute Gasteiger partial charge is 0.324 e. The summed E-state index contributed by atoms with van der Waals surface area (Å²) in [6.45, 7) is 0. The molecule has 0 aliphatic carbocycles. The van der Waals surface area contributed by atoms with Gasteiger partial charge in [0.2, 0.25) is 5.91 Å². The number of rotatable bonds is 0. The molecule has 0 saturated carbocycles. The number of fused-ring (bicyclic) bond motifs is 1. The molecule has 1 aliphatic rings. The first-order valence-corrected chi connectivity index (χ1v) is 6.36. The smallest absolute Gasteiger partial charge is 0.239 e. The minimum Gasteiger partial charge on any atom is -0.324 e. The molecule has 0 bridgehead atoms. The van der Waals surface area contributed by atoms with Gasteiger partial charge in [0, 0.05) is 0 Å². The topological polar surface area (TPSA) is 63.2 Å². The molecule has 1 N–H and O–H groups in total. The van der Waals surface area contributed by atoms with E-state index in [1.165, 1.54) is 0 Å². The summed E-state index contributed by atoms with van der Waals surface area (Å²) in [4.78, 5) is 11.0. The summed E-state index contributed by atoms with van der Waals surface area (Å²) in [6, 6.07) is 2.13. The molecule has 0 radical (unpaired) electrons. The number of hydrogen-bond donors (Lipinski definition) is 1. The lowest BCUT2D eigenvalue weighted by atomic mass is 10.3. The number of hydrogen-bond acceptors (Lipinski definition) is 3. The Bertz CT molecular complexity index is 555. The molecule has 7 heteroatoms. The van der Waals surface area contributed by atoms with Crippen LogP contribution in [0.1, 0.15) is 0 Å². The van der Waals surface area contributed by atoms with Gasteiger partial charge in [-0.05, 0) is 28.1 Å². The van der Waals surface area contributed by atoms with E-state index in [-0.39, 0.29) is 15.1 Å². The summed E-state index contributed by atoms with van der Waals surface area (Å²) in [6.07, 6.45) is 0. The van der Waals surface area contributed by atoms with Crippen LogP contribution in [0.25, 0.3) is 0 Å². The number of anilines is 1. The molecule has 1 aliphatic heterocycles. The Morgan fingerprint density at radius 3 is 2.73 bits per heavy atom. The van der Waals surface area contributed by atoms with Crippen LogP contribution >= 0.6 is 15.9 Å². The van der Waals surface area contributed by atoms with Gasteiger partial charge in [0.1, 0.15) is 11.6 Å². The number of carbonyl (C=O) groups excluding carboxylic acids is 1. The summed E-state index contributed by atoms with van der Waals surface area (Å²) in [5, 5.41) is 2.30. The molecule has 0 unspecified atom stereocenters. The van der Waals surface area contributed by atoms with E-state index in [1.807, 2.05) is 0 Å². The lowest BCUT2D eigenvalue weighted by molar-refractivity contribution is -0.114. The zero-order chi connectivity index (χ0) is 11.2. The fraction of sp³-hybridized carbons (Fsp3) is 0.125. The van der Waals surface area contributed by atoms with Gasteiger partial charge >= 0.3 is 0 Å². The highest BCUT2D eigenvalue weighted by Gasteiger charge is 2.29. The Labute approximate surface area is 93.5 Å². The highest BCUT2D eigenvalue weighted by molar-refractivity contribution is 9.10. The second-order valence-corrected chi connectivity index (χ2v) is 5.88. The Kier molecular flexibility index (Phi) is 2.31. The summed E-state index contributed by atoms with van der Waals surface area (Å²) >= 11 is 2.89. The van der Waals surface area contributed by atoms with E-state index >= 15 is 0 Å². The van der Waals surface area contributed by atoms with Crippen molar-refractivity contribution >= 4 is 37.4 Å². The van der Waals surface area contributed by atoms with Gasteiger partial charge in [-0.25, -0.2) is 12.8 Å². The molecule has 2 rings (SSSR count). The SMILES string of the molecule is O=C1CS(=O)(=O)c2cc(Br)c(F)cc2N1. The lowest BCUT2D eigenvalue weighted by Gasteiger charge is -2.17. The van der Waals surface area contributed by atoms with Gasteiger partial charge < -0.3 is 5.32 Å². The number of benzene rings is 1. The molecule has 0 atom stereocenters. The van der Waals surface area contributed by atoms with E-state index in [1.54, 1.807) is 0 Å². The summed E-state index contributed by atoms with van der Waals surface area (Å²) in [5.74, 6) is -1.87. The third-order valence-corrected chi connectivity index (χ3v) is 4.21. The first-order valence-electron chi connectivity index (χ1n) is 3.92. The zero-order valence-corrected chi connectivity index (χ0v) is 9.65. The molecule has 0 aromatic heterocycles. The number of halogens is 2. The third kappa shape index (κ3) is 1.76. The van der Waals surface area contributed by atoms with Crippen molar-refractivity contribution in [3.05, 3.63) is 22.4 Å². The molecule has 0 fully saturated rings. The van der Waals surface area contributed by atoms with Gasteiger partial charge in [-0.1, -0.05) is 0 Å². The fourth-order valence-electron chi connectivity index (χ4n) is 1.32. The molecule has 1 aromatic carbocycles. The van der Waals surface area contributed by atoms with Crippen LogP contribution in [-0.4, -0.2) is 20.1 Å².